The Labute approximate surface area is 162 Å². The molecule has 0 radical (unpaired) electrons. The van der Waals surface area contributed by atoms with E-state index in [9.17, 15) is 26.4 Å². The number of hydrogen-bond donors (Lipinski definition) is 1. The highest BCUT2D eigenvalue weighted by Gasteiger charge is 2.35. The molecule has 0 spiro atoms. The molecule has 0 saturated heterocycles. The number of rotatable bonds is 6. The molecule has 1 amide bonds. The van der Waals surface area contributed by atoms with E-state index < -0.39 is 39.4 Å². The molecule has 5 nitrogen and oxygen atoms in total. The Balaban J connectivity index is 2.35. The summed E-state index contributed by atoms with van der Waals surface area (Å²) in [6, 6.07) is 9.86. The lowest BCUT2D eigenvalue weighted by atomic mass is 10.1. The average Bonchev–Trinajstić information content (AvgIpc) is 2.60. The monoisotopic (exact) mass is 414 g/mol. The lowest BCUT2D eigenvalue weighted by Crippen LogP contribution is -2.45. The van der Waals surface area contributed by atoms with Crippen LogP contribution in [0.4, 0.5) is 24.5 Å². The summed E-state index contributed by atoms with van der Waals surface area (Å²) >= 11 is 0. The van der Waals surface area contributed by atoms with Crippen LogP contribution >= 0.6 is 0 Å². The first kappa shape index (κ1) is 21.7. The zero-order valence-corrected chi connectivity index (χ0v) is 16.4. The second-order valence-corrected chi connectivity index (χ2v) is 8.15. The highest BCUT2D eigenvalue weighted by atomic mass is 32.2. The van der Waals surface area contributed by atoms with Gasteiger partial charge in [-0.3, -0.25) is 9.10 Å². The van der Waals surface area contributed by atoms with Crippen molar-refractivity contribution < 1.29 is 26.4 Å². The van der Waals surface area contributed by atoms with Gasteiger partial charge < -0.3 is 5.32 Å². The number of nitrogens with one attached hydrogen (secondary N) is 1. The molecule has 0 aliphatic carbocycles. The Hall–Kier alpha value is -2.55. The lowest BCUT2D eigenvalue weighted by Gasteiger charge is -2.28. The molecule has 9 heteroatoms. The molecular weight excluding hydrogens is 393 g/mol. The third-order valence-corrected chi connectivity index (χ3v) is 5.42. The number of nitrogens with zero attached hydrogens (tertiary/aromatic N) is 1. The van der Waals surface area contributed by atoms with E-state index in [1.165, 1.54) is 19.1 Å². The molecule has 28 heavy (non-hydrogen) atoms. The molecule has 0 aromatic heterocycles. The van der Waals surface area contributed by atoms with Crippen molar-refractivity contribution in [2.45, 2.75) is 32.5 Å². The fourth-order valence-corrected chi connectivity index (χ4v) is 3.94. The lowest BCUT2D eigenvalue weighted by molar-refractivity contribution is -0.137. The minimum absolute atomic E-state index is 0.256. The van der Waals surface area contributed by atoms with Crippen LogP contribution in [0.2, 0.25) is 0 Å². The molecule has 0 aliphatic heterocycles. The van der Waals surface area contributed by atoms with Gasteiger partial charge in [-0.1, -0.05) is 31.2 Å². The van der Waals surface area contributed by atoms with Crippen molar-refractivity contribution >= 4 is 27.3 Å². The van der Waals surface area contributed by atoms with Gasteiger partial charge in [0.05, 0.1) is 23.2 Å². The van der Waals surface area contributed by atoms with Gasteiger partial charge in [0.15, 0.2) is 0 Å². The van der Waals surface area contributed by atoms with Crippen molar-refractivity contribution in [3.05, 3.63) is 59.7 Å². The Bertz CT molecular complexity index is 942. The Morgan fingerprint density at radius 3 is 2.18 bits per heavy atom. The predicted molar refractivity (Wildman–Crippen MR) is 103 cm³/mol. The zero-order chi connectivity index (χ0) is 21.1. The fraction of sp³-hybridized carbons (Fsp3) is 0.316. The standard InChI is InChI=1S/C19H21F3N2O3S/c1-4-14-9-11-15(12-10-14)24(28(3,26)27)13(2)18(25)23-17-8-6-5-7-16(17)19(20,21)22/h5-13H,4H2,1-3H3,(H,23,25)/t13-/m1/s1. The molecule has 2 aromatic rings. The van der Waals surface area contributed by atoms with Crippen LogP contribution in [0.15, 0.2) is 48.5 Å². The number of halogens is 3. The molecule has 1 atom stereocenters. The molecule has 0 bridgehead atoms. The van der Waals surface area contributed by atoms with Gasteiger partial charge in [-0.2, -0.15) is 13.2 Å². The van der Waals surface area contributed by atoms with Gasteiger partial charge in [0.2, 0.25) is 15.9 Å². The summed E-state index contributed by atoms with van der Waals surface area (Å²) < 4.78 is 64.8. The first-order valence-corrected chi connectivity index (χ1v) is 10.4. The van der Waals surface area contributed by atoms with E-state index in [1.807, 2.05) is 6.92 Å². The number of alkyl halides is 3. The van der Waals surface area contributed by atoms with Gasteiger partial charge in [-0.15, -0.1) is 0 Å². The molecule has 0 aliphatic rings. The maximum Gasteiger partial charge on any atom is 0.418 e. The van der Waals surface area contributed by atoms with Crippen LogP contribution in [0.5, 0.6) is 0 Å². The van der Waals surface area contributed by atoms with E-state index in [4.69, 9.17) is 0 Å². The quantitative estimate of drug-likeness (QED) is 0.775. The second kappa shape index (κ2) is 8.22. The Morgan fingerprint density at radius 1 is 1.11 bits per heavy atom. The highest BCUT2D eigenvalue weighted by Crippen LogP contribution is 2.34. The number of carbonyl (C=O) groups excluding carboxylic acids is 1. The van der Waals surface area contributed by atoms with E-state index in [-0.39, 0.29) is 5.69 Å². The van der Waals surface area contributed by atoms with Crippen molar-refractivity contribution in [2.24, 2.45) is 0 Å². The number of benzene rings is 2. The normalized spacial score (nSPS) is 13.1. The number of para-hydroxylation sites is 1. The maximum atomic E-state index is 13.1. The molecule has 0 heterocycles. The molecule has 2 aromatic carbocycles. The second-order valence-electron chi connectivity index (χ2n) is 6.29. The summed E-state index contributed by atoms with van der Waals surface area (Å²) in [5.74, 6) is -0.873. The zero-order valence-electron chi connectivity index (χ0n) is 15.6. The van der Waals surface area contributed by atoms with Crippen LogP contribution in [-0.2, 0) is 27.4 Å². The summed E-state index contributed by atoms with van der Waals surface area (Å²) in [7, 11) is -3.86. The summed E-state index contributed by atoms with van der Waals surface area (Å²) in [4.78, 5) is 12.6. The first-order chi connectivity index (χ1) is 12.9. The number of sulfonamides is 1. The highest BCUT2D eigenvalue weighted by molar-refractivity contribution is 7.92. The Morgan fingerprint density at radius 2 is 1.68 bits per heavy atom. The number of amides is 1. The summed E-state index contributed by atoms with van der Waals surface area (Å²) in [6.07, 6.45) is -2.96. The number of aryl methyl sites for hydroxylation is 1. The molecule has 0 saturated carbocycles. The van der Waals surface area contributed by atoms with Gasteiger partial charge >= 0.3 is 6.18 Å². The number of carbonyl (C=O) groups is 1. The van der Waals surface area contributed by atoms with E-state index in [1.54, 1.807) is 24.3 Å². The predicted octanol–water partition coefficient (Wildman–Crippen LogP) is 4.06. The van der Waals surface area contributed by atoms with Gasteiger partial charge in [0, 0.05) is 0 Å². The van der Waals surface area contributed by atoms with Crippen LogP contribution in [-0.4, -0.2) is 26.6 Å². The van der Waals surface area contributed by atoms with Crippen molar-refractivity contribution in [3.63, 3.8) is 0 Å². The van der Waals surface area contributed by atoms with Crippen molar-refractivity contribution in [2.75, 3.05) is 15.9 Å². The van der Waals surface area contributed by atoms with E-state index in [2.05, 4.69) is 5.32 Å². The minimum Gasteiger partial charge on any atom is -0.324 e. The summed E-state index contributed by atoms with van der Waals surface area (Å²) in [5, 5.41) is 2.20. The topological polar surface area (TPSA) is 66.5 Å². The summed E-state index contributed by atoms with van der Waals surface area (Å²) in [6.45, 7) is 3.26. The maximum absolute atomic E-state index is 13.1. The SMILES string of the molecule is CCc1ccc(N([C@H](C)C(=O)Nc2ccccc2C(F)(F)F)S(C)(=O)=O)cc1. The van der Waals surface area contributed by atoms with Crippen LogP contribution in [0.25, 0.3) is 0 Å². The van der Waals surface area contributed by atoms with Gasteiger partial charge in [-0.05, 0) is 43.2 Å². The third kappa shape index (κ3) is 5.03. The van der Waals surface area contributed by atoms with Crippen molar-refractivity contribution in [1.82, 2.24) is 0 Å². The van der Waals surface area contributed by atoms with Crippen molar-refractivity contribution in [1.29, 1.82) is 0 Å². The van der Waals surface area contributed by atoms with Crippen LogP contribution in [0.3, 0.4) is 0 Å². The molecule has 152 valence electrons. The van der Waals surface area contributed by atoms with Gasteiger partial charge in [0.25, 0.3) is 0 Å². The molecule has 2 rings (SSSR count). The van der Waals surface area contributed by atoms with Gasteiger partial charge in [-0.25, -0.2) is 8.42 Å². The van der Waals surface area contributed by atoms with Crippen molar-refractivity contribution in [3.8, 4) is 0 Å². The number of anilines is 2. The number of hydrogen-bond acceptors (Lipinski definition) is 3. The largest absolute Gasteiger partial charge is 0.418 e. The molecular formula is C19H21F3N2O3S. The molecule has 1 N–H and O–H groups in total. The van der Waals surface area contributed by atoms with E-state index in [0.717, 1.165) is 34.7 Å². The molecule has 0 unspecified atom stereocenters. The van der Waals surface area contributed by atoms with Gasteiger partial charge in [0.1, 0.15) is 6.04 Å². The molecule has 0 fully saturated rings. The fourth-order valence-electron chi connectivity index (χ4n) is 2.76. The average molecular weight is 414 g/mol. The summed E-state index contributed by atoms with van der Waals surface area (Å²) in [5.41, 5.74) is -0.199. The first-order valence-electron chi connectivity index (χ1n) is 8.50. The smallest absolute Gasteiger partial charge is 0.324 e. The minimum atomic E-state index is -4.65. The van der Waals surface area contributed by atoms with Crippen LogP contribution in [0, 0.1) is 0 Å². The Kier molecular flexibility index (Phi) is 6.38. The van der Waals surface area contributed by atoms with E-state index in [0.29, 0.717) is 0 Å². The van der Waals surface area contributed by atoms with Crippen LogP contribution < -0.4 is 9.62 Å². The van der Waals surface area contributed by atoms with E-state index >= 15 is 0 Å². The van der Waals surface area contributed by atoms with Crippen LogP contribution in [0.1, 0.15) is 25.0 Å². The third-order valence-electron chi connectivity index (χ3n) is 4.18.